The van der Waals surface area contributed by atoms with E-state index in [0.29, 0.717) is 52.4 Å². The molecule has 12 nitrogen and oxygen atoms in total. The molecule has 0 unspecified atom stereocenters. The lowest BCUT2D eigenvalue weighted by Gasteiger charge is -2.13. The second kappa shape index (κ2) is 22.2. The van der Waals surface area contributed by atoms with Crippen LogP contribution in [0.25, 0.3) is 22.2 Å². The van der Waals surface area contributed by atoms with Gasteiger partial charge in [0, 0.05) is 52.2 Å². The van der Waals surface area contributed by atoms with Crippen molar-refractivity contribution in [2.24, 2.45) is 10.7 Å². The number of fused-ring (bicyclic) bond motifs is 2. The number of aromatic hydroxyl groups is 1. The van der Waals surface area contributed by atoms with Gasteiger partial charge in [-0.1, -0.05) is 60.7 Å². The highest BCUT2D eigenvalue weighted by Gasteiger charge is 2.38. The summed E-state index contributed by atoms with van der Waals surface area (Å²) in [5, 5.41) is 11.4. The van der Waals surface area contributed by atoms with Crippen LogP contribution in [0, 0.1) is 0 Å². The van der Waals surface area contributed by atoms with Crippen LogP contribution in [-0.2, 0) is 14.3 Å². The number of nitrogens with zero attached hydrogens (tertiary/aromatic N) is 4. The number of aromatic nitrogens is 1. The molecule has 1 aliphatic heterocycles. The van der Waals surface area contributed by atoms with Crippen molar-refractivity contribution in [3.8, 4) is 5.88 Å². The number of ether oxygens (including phenoxy) is 1. The number of Topliss-reactive ketones (excluding diaryl/α,β-unsaturated/α-hetero) is 2. The van der Waals surface area contributed by atoms with Gasteiger partial charge in [-0.3, -0.25) is 24.2 Å². The van der Waals surface area contributed by atoms with Crippen LogP contribution < -0.4 is 10.6 Å². The number of aromatic amines is 1. The number of H-pyrrole nitrogens is 1. The van der Waals surface area contributed by atoms with Gasteiger partial charge in [0.15, 0.2) is 17.4 Å². The predicted molar refractivity (Wildman–Crippen MR) is 242 cm³/mol. The van der Waals surface area contributed by atoms with E-state index in [-0.39, 0.29) is 23.4 Å². The molecule has 0 fully saturated rings. The van der Waals surface area contributed by atoms with Gasteiger partial charge in [-0.05, 0) is 118 Å². The van der Waals surface area contributed by atoms with Crippen LogP contribution in [0.2, 0.25) is 0 Å². The molecule has 0 radical (unpaired) electrons. The van der Waals surface area contributed by atoms with E-state index in [1.807, 2.05) is 93.8 Å². The maximum absolute atomic E-state index is 13.1. The van der Waals surface area contributed by atoms with Crippen molar-refractivity contribution in [1.82, 2.24) is 14.8 Å². The zero-order chi connectivity index (χ0) is 43.9. The van der Waals surface area contributed by atoms with Crippen molar-refractivity contribution in [2.45, 2.75) is 40.5 Å². The summed E-state index contributed by atoms with van der Waals surface area (Å²) in [7, 11) is 8.18. The molecule has 0 spiro atoms. The summed E-state index contributed by atoms with van der Waals surface area (Å²) >= 11 is 0. The molecule has 4 aromatic carbocycles. The number of rotatable bonds is 14. The molecule has 5 aromatic rings. The number of nitrogens with two attached hydrogens (primary N) is 1. The SMILES string of the molecule is CC(=O)c1ccc2[nH]c(O)c(C(=NCCCN(C)C)c3ccccc3)c2c1.CCO/C(=C1\C(=O)N(C(C)=O)c2ccc(C(C)=O)cc21)c1ccccc1.CN(C)CCCN. The molecule has 12 heteroatoms. The molecule has 6 rings (SSSR count). The summed E-state index contributed by atoms with van der Waals surface area (Å²) in [6.45, 7) is 10.1. The standard InChI is InChI=1S/C22H25N3O2.C21H19NO4.C5H14N2/c1-15(26)17-10-11-19-18(14-17)20(22(27)24-19)21(16-8-5-4-6-9-16)23-12-7-13-25(2)3;1-4-26-20(15-8-6-5-7-9-15)19-17-12-16(13(2)23)10-11-18(17)22(14(3)24)21(19)25;1-7(2)5-3-4-6/h4-6,8-11,14,24,27H,7,12-13H2,1-3H3;5-12H,4H2,1-3H3;3-6H2,1-2H3/b;20-19-;. The zero-order valence-corrected chi connectivity index (χ0v) is 36.0. The Morgan fingerprint density at radius 3 is 1.87 bits per heavy atom. The maximum Gasteiger partial charge on any atom is 0.269 e. The summed E-state index contributed by atoms with van der Waals surface area (Å²) in [6.07, 6.45) is 2.03. The van der Waals surface area contributed by atoms with Gasteiger partial charge in [0.2, 0.25) is 5.91 Å². The van der Waals surface area contributed by atoms with Gasteiger partial charge in [0.25, 0.3) is 5.91 Å². The zero-order valence-electron chi connectivity index (χ0n) is 36.0. The van der Waals surface area contributed by atoms with Crippen molar-refractivity contribution >= 4 is 57.0 Å². The van der Waals surface area contributed by atoms with Gasteiger partial charge in [0.1, 0.15) is 5.76 Å². The third-order valence-electron chi connectivity index (χ3n) is 9.51. The van der Waals surface area contributed by atoms with Crippen molar-refractivity contribution in [3.63, 3.8) is 0 Å². The molecule has 2 heterocycles. The largest absolute Gasteiger partial charge is 0.494 e. The van der Waals surface area contributed by atoms with Crippen molar-refractivity contribution in [1.29, 1.82) is 0 Å². The minimum atomic E-state index is -0.444. The maximum atomic E-state index is 13.1. The molecule has 1 aliphatic rings. The summed E-state index contributed by atoms with van der Waals surface area (Å²) in [6, 6.07) is 29.4. The lowest BCUT2D eigenvalue weighted by molar-refractivity contribution is -0.122. The van der Waals surface area contributed by atoms with Gasteiger partial charge < -0.3 is 30.4 Å². The number of anilines is 1. The molecule has 316 valence electrons. The van der Waals surface area contributed by atoms with Crippen molar-refractivity contribution in [2.75, 3.05) is 65.9 Å². The summed E-state index contributed by atoms with van der Waals surface area (Å²) in [5.74, 6) is -0.470. The molecule has 0 saturated heterocycles. The van der Waals surface area contributed by atoms with Gasteiger partial charge in [0.05, 0.1) is 29.1 Å². The Morgan fingerprint density at radius 1 is 0.767 bits per heavy atom. The molecule has 60 heavy (non-hydrogen) atoms. The monoisotopic (exact) mass is 814 g/mol. The minimum Gasteiger partial charge on any atom is -0.494 e. The van der Waals surface area contributed by atoms with Crippen molar-refractivity contribution < 1.29 is 29.0 Å². The summed E-state index contributed by atoms with van der Waals surface area (Å²) < 4.78 is 5.80. The highest BCUT2D eigenvalue weighted by atomic mass is 16.5. The average molecular weight is 815 g/mol. The highest BCUT2D eigenvalue weighted by Crippen LogP contribution is 2.42. The first kappa shape index (κ1) is 46.5. The van der Waals surface area contributed by atoms with Crippen LogP contribution >= 0.6 is 0 Å². The summed E-state index contributed by atoms with van der Waals surface area (Å²) in [4.78, 5) is 62.0. The number of aliphatic imine (C=N–C) groups is 1. The number of imide groups is 1. The van der Waals surface area contributed by atoms with E-state index in [1.165, 1.54) is 13.8 Å². The predicted octanol–water partition coefficient (Wildman–Crippen LogP) is 7.45. The quantitative estimate of drug-likeness (QED) is 0.0340. The summed E-state index contributed by atoms with van der Waals surface area (Å²) in [5.41, 5.74) is 11.5. The topological polar surface area (TPSA) is 162 Å². The van der Waals surface area contributed by atoms with Gasteiger partial charge >= 0.3 is 0 Å². The fourth-order valence-electron chi connectivity index (χ4n) is 6.58. The number of carbonyl (C=O) groups is 4. The second-order valence-electron chi connectivity index (χ2n) is 14.8. The molecule has 4 N–H and O–H groups in total. The second-order valence-corrected chi connectivity index (χ2v) is 14.8. The van der Waals surface area contributed by atoms with Crippen LogP contribution in [0.4, 0.5) is 5.69 Å². The molecular formula is C48H58N6O6. The number of hydrogen-bond donors (Lipinski definition) is 3. The Morgan fingerprint density at radius 2 is 1.33 bits per heavy atom. The van der Waals surface area contributed by atoms with E-state index >= 15 is 0 Å². The lowest BCUT2D eigenvalue weighted by Crippen LogP contribution is -2.31. The number of carbonyl (C=O) groups excluding carboxylic acids is 4. The first-order valence-corrected chi connectivity index (χ1v) is 20.1. The Balaban J connectivity index is 0.000000229. The van der Waals surface area contributed by atoms with Crippen molar-refractivity contribution in [3.05, 3.63) is 130 Å². The normalized spacial score (nSPS) is 13.1. The molecule has 0 bridgehead atoms. The van der Waals surface area contributed by atoms with E-state index in [0.717, 1.165) is 65.1 Å². The first-order chi connectivity index (χ1) is 28.7. The third-order valence-corrected chi connectivity index (χ3v) is 9.51. The minimum absolute atomic E-state index is 0.00674. The molecule has 0 atom stereocenters. The Bertz CT molecular complexity index is 2330. The molecule has 2 amide bonds. The van der Waals surface area contributed by atoms with E-state index in [2.05, 4.69) is 28.9 Å². The van der Waals surface area contributed by atoms with Crippen LogP contribution in [0.3, 0.4) is 0 Å². The number of hydrogen-bond acceptors (Lipinski definition) is 10. The van der Waals surface area contributed by atoms with Crippen LogP contribution in [0.15, 0.2) is 102 Å². The fourth-order valence-corrected chi connectivity index (χ4v) is 6.58. The molecule has 1 aromatic heterocycles. The molecule has 0 saturated carbocycles. The third kappa shape index (κ3) is 11.9. The van der Waals surface area contributed by atoms with Gasteiger partial charge in [-0.2, -0.15) is 0 Å². The van der Waals surface area contributed by atoms with E-state index < -0.39 is 5.91 Å². The Kier molecular flexibility index (Phi) is 17.2. The Hall–Kier alpha value is -6.21. The van der Waals surface area contributed by atoms with Gasteiger partial charge in [-0.25, -0.2) is 4.90 Å². The average Bonchev–Trinajstić information content (AvgIpc) is 3.71. The number of benzene rings is 4. The first-order valence-electron chi connectivity index (χ1n) is 20.1. The van der Waals surface area contributed by atoms with E-state index in [1.54, 1.807) is 31.2 Å². The molecular weight excluding hydrogens is 757 g/mol. The van der Waals surface area contributed by atoms with Crippen LogP contribution in [-0.4, -0.2) is 110 Å². The fraction of sp³-hybridized carbons (Fsp3) is 0.312. The lowest BCUT2D eigenvalue weighted by atomic mass is 9.99. The van der Waals surface area contributed by atoms with Crippen LogP contribution in [0.1, 0.15) is 83.5 Å². The van der Waals surface area contributed by atoms with E-state index in [9.17, 15) is 24.3 Å². The Labute approximate surface area is 353 Å². The van der Waals surface area contributed by atoms with E-state index in [4.69, 9.17) is 15.5 Å². The number of nitrogens with one attached hydrogen (secondary N) is 1. The number of ketones is 2. The van der Waals surface area contributed by atoms with Crippen LogP contribution in [0.5, 0.6) is 5.88 Å². The highest BCUT2D eigenvalue weighted by molar-refractivity contribution is 6.43. The smallest absolute Gasteiger partial charge is 0.269 e. The van der Waals surface area contributed by atoms with Gasteiger partial charge in [-0.15, -0.1) is 0 Å². The number of amides is 2. The molecule has 0 aliphatic carbocycles.